The zero-order valence-electron chi connectivity index (χ0n) is 22.1. The van der Waals surface area contributed by atoms with Crippen LogP contribution in [0, 0.1) is 11.8 Å². The summed E-state index contributed by atoms with van der Waals surface area (Å²) in [5.74, 6) is 2.83. The second-order valence-electron chi connectivity index (χ2n) is 11.5. The lowest BCUT2D eigenvalue weighted by molar-refractivity contribution is -0.0437. The van der Waals surface area contributed by atoms with Gasteiger partial charge in [-0.05, 0) is 80.4 Å². The molecule has 4 nitrogen and oxygen atoms in total. The molecule has 0 unspecified atom stereocenters. The molecular weight excluding hydrogens is 424 g/mol. The molecule has 0 amide bonds. The molecule has 1 aromatic carbocycles. The van der Waals surface area contributed by atoms with Gasteiger partial charge in [-0.1, -0.05) is 59.1 Å². The van der Waals surface area contributed by atoms with E-state index in [1.807, 2.05) is 0 Å². The molecule has 1 aliphatic heterocycles. The zero-order chi connectivity index (χ0) is 24.8. The van der Waals surface area contributed by atoms with Gasteiger partial charge in [-0.2, -0.15) is 0 Å². The molecule has 2 aliphatic rings. The molecule has 1 saturated carbocycles. The summed E-state index contributed by atoms with van der Waals surface area (Å²) in [7, 11) is 0. The van der Waals surface area contributed by atoms with Crippen molar-refractivity contribution in [2.75, 3.05) is 19.8 Å². The number of rotatable bonds is 13. The van der Waals surface area contributed by atoms with Crippen molar-refractivity contribution in [2.24, 2.45) is 11.8 Å². The Morgan fingerprint density at radius 2 is 1.97 bits per heavy atom. The van der Waals surface area contributed by atoms with Crippen molar-refractivity contribution >= 4 is 0 Å². The van der Waals surface area contributed by atoms with Gasteiger partial charge in [0.15, 0.2) is 0 Å². The number of ether oxygens (including phenoxy) is 2. The van der Waals surface area contributed by atoms with Gasteiger partial charge in [-0.3, -0.25) is 0 Å². The van der Waals surface area contributed by atoms with Crippen molar-refractivity contribution in [3.05, 3.63) is 35.9 Å². The molecule has 34 heavy (non-hydrogen) atoms. The van der Waals surface area contributed by atoms with Crippen molar-refractivity contribution in [3.8, 4) is 11.5 Å². The summed E-state index contributed by atoms with van der Waals surface area (Å²) in [4.78, 5) is 0. The molecule has 0 aromatic heterocycles. The third-order valence-electron chi connectivity index (χ3n) is 8.44. The van der Waals surface area contributed by atoms with E-state index in [1.54, 1.807) is 6.08 Å². The van der Waals surface area contributed by atoms with E-state index in [-0.39, 0.29) is 24.2 Å². The maximum absolute atomic E-state index is 9.97. The van der Waals surface area contributed by atoms with Gasteiger partial charge in [0, 0.05) is 24.7 Å². The van der Waals surface area contributed by atoms with Gasteiger partial charge in [0.25, 0.3) is 0 Å². The van der Waals surface area contributed by atoms with Crippen LogP contribution in [0.1, 0.15) is 109 Å². The van der Waals surface area contributed by atoms with Crippen molar-refractivity contribution in [2.45, 2.75) is 109 Å². The number of unbranched alkanes of at least 4 members (excludes halogenated alkanes) is 3. The number of fused-ring (bicyclic) bond motifs is 3. The normalized spacial score (nSPS) is 26.4. The van der Waals surface area contributed by atoms with Crippen molar-refractivity contribution in [1.82, 2.24) is 0 Å². The van der Waals surface area contributed by atoms with Crippen LogP contribution in [0.5, 0.6) is 11.5 Å². The lowest BCUT2D eigenvalue weighted by atomic mass is 9.62. The van der Waals surface area contributed by atoms with Gasteiger partial charge >= 0.3 is 0 Å². The molecule has 192 valence electrons. The van der Waals surface area contributed by atoms with E-state index in [0.29, 0.717) is 24.4 Å². The minimum absolute atomic E-state index is 0.0248. The predicted molar refractivity (Wildman–Crippen MR) is 140 cm³/mol. The topological polar surface area (TPSA) is 58.9 Å². The Morgan fingerprint density at radius 1 is 1.18 bits per heavy atom. The molecule has 1 fully saturated rings. The highest BCUT2D eigenvalue weighted by atomic mass is 16.5. The quantitative estimate of drug-likeness (QED) is 0.242. The van der Waals surface area contributed by atoms with Crippen LogP contribution in [0.15, 0.2) is 24.8 Å². The van der Waals surface area contributed by atoms with Crippen LogP contribution >= 0.6 is 0 Å². The summed E-state index contributed by atoms with van der Waals surface area (Å²) in [6.07, 6.45) is 12.5. The van der Waals surface area contributed by atoms with Crippen LogP contribution in [0.4, 0.5) is 0 Å². The van der Waals surface area contributed by atoms with Gasteiger partial charge in [0.1, 0.15) is 23.7 Å². The summed E-state index contributed by atoms with van der Waals surface area (Å²) in [6.45, 7) is 13.9. The Hall–Kier alpha value is -1.52. The Morgan fingerprint density at radius 3 is 2.65 bits per heavy atom. The van der Waals surface area contributed by atoms with Crippen LogP contribution in [-0.2, 0) is 5.41 Å². The highest BCUT2D eigenvalue weighted by Crippen LogP contribution is 2.57. The molecule has 1 heterocycles. The molecule has 3 rings (SSSR count). The third kappa shape index (κ3) is 5.99. The van der Waals surface area contributed by atoms with Gasteiger partial charge in [-0.25, -0.2) is 0 Å². The molecule has 1 aliphatic carbocycles. The number of aliphatic hydroxyl groups excluding tert-OH is 2. The molecule has 0 saturated heterocycles. The van der Waals surface area contributed by atoms with Gasteiger partial charge in [0.05, 0.1) is 0 Å². The largest absolute Gasteiger partial charge is 0.489 e. The highest BCUT2D eigenvalue weighted by Gasteiger charge is 2.50. The molecule has 1 aromatic rings. The Balaban J connectivity index is 2.04. The van der Waals surface area contributed by atoms with Crippen molar-refractivity contribution < 1.29 is 19.7 Å². The Kier molecular flexibility index (Phi) is 9.51. The van der Waals surface area contributed by atoms with E-state index >= 15 is 0 Å². The summed E-state index contributed by atoms with van der Waals surface area (Å²) in [5, 5.41) is 19.6. The highest BCUT2D eigenvalue weighted by molar-refractivity contribution is 5.54. The Bertz CT molecular complexity index is 801. The molecule has 0 radical (unpaired) electrons. The molecule has 0 bridgehead atoms. The second kappa shape index (κ2) is 11.9. The lowest BCUT2D eigenvalue weighted by Crippen LogP contribution is -2.49. The molecule has 2 N–H and O–H groups in total. The number of hydrogen-bond donors (Lipinski definition) is 2. The first-order chi connectivity index (χ1) is 16.3. The first kappa shape index (κ1) is 27.1. The fraction of sp³-hybridized carbons (Fsp3) is 0.733. The van der Waals surface area contributed by atoms with E-state index in [0.717, 1.165) is 50.0 Å². The molecule has 0 spiro atoms. The number of hydrogen-bond acceptors (Lipinski definition) is 4. The first-order valence-electron chi connectivity index (χ1n) is 13.6. The maximum atomic E-state index is 9.97. The predicted octanol–water partition coefficient (Wildman–Crippen LogP) is 6.92. The molecular formula is C30H48O4. The number of aliphatic hydroxyl groups is 2. The van der Waals surface area contributed by atoms with Crippen LogP contribution in [0.3, 0.4) is 0 Å². The van der Waals surface area contributed by atoms with Crippen LogP contribution < -0.4 is 9.47 Å². The van der Waals surface area contributed by atoms with E-state index in [2.05, 4.69) is 46.4 Å². The summed E-state index contributed by atoms with van der Waals surface area (Å²) >= 11 is 0. The molecule has 4 heteroatoms. The van der Waals surface area contributed by atoms with Gasteiger partial charge in [0.2, 0.25) is 0 Å². The maximum Gasteiger partial charge on any atom is 0.127 e. The van der Waals surface area contributed by atoms with Crippen molar-refractivity contribution in [3.63, 3.8) is 0 Å². The average Bonchev–Trinajstić information content (AvgIpc) is 2.83. The van der Waals surface area contributed by atoms with E-state index < -0.39 is 0 Å². The van der Waals surface area contributed by atoms with Crippen molar-refractivity contribution in [1.29, 1.82) is 0 Å². The summed E-state index contributed by atoms with van der Waals surface area (Å²) in [6, 6.07) is 4.52. The molecule has 4 atom stereocenters. The van der Waals surface area contributed by atoms with Gasteiger partial charge in [-0.15, -0.1) is 0 Å². The van der Waals surface area contributed by atoms with E-state index in [4.69, 9.17) is 9.47 Å². The zero-order valence-corrected chi connectivity index (χ0v) is 22.1. The van der Waals surface area contributed by atoms with Gasteiger partial charge < -0.3 is 19.7 Å². The minimum Gasteiger partial charge on any atom is -0.489 e. The fourth-order valence-electron chi connectivity index (χ4n) is 6.31. The summed E-state index contributed by atoms with van der Waals surface area (Å²) < 4.78 is 13.2. The van der Waals surface area contributed by atoms with Crippen LogP contribution in [0.25, 0.3) is 0 Å². The number of benzene rings is 1. The van der Waals surface area contributed by atoms with Crippen LogP contribution in [0.2, 0.25) is 0 Å². The summed E-state index contributed by atoms with van der Waals surface area (Å²) in [5.41, 5.74) is 2.15. The Labute approximate surface area is 207 Å². The SMILES string of the molecule is C=CCOc1cc(C(C)(C)CCCCCC)cc2c1[C@@H]1C[C@H](CO)CC[C@H]1[C@](C)(CCCO)O2. The first-order valence-corrected chi connectivity index (χ1v) is 13.6. The fourth-order valence-corrected chi connectivity index (χ4v) is 6.31. The minimum atomic E-state index is -0.319. The third-order valence-corrected chi connectivity index (χ3v) is 8.44. The smallest absolute Gasteiger partial charge is 0.127 e. The van der Waals surface area contributed by atoms with Crippen LogP contribution in [-0.4, -0.2) is 35.6 Å². The monoisotopic (exact) mass is 472 g/mol. The average molecular weight is 473 g/mol. The van der Waals surface area contributed by atoms with E-state index in [1.165, 1.54) is 36.8 Å². The standard InChI is InChI=1S/C30H48O4/c1-6-8-9-10-14-29(3,4)23-19-26(33-17-7-2)28-24-18-22(21-32)12-13-25(24)30(5,15-11-16-31)34-27(28)20-23/h7,19-20,22,24-25,31-32H,2,6,8-18,21H2,1,3-5H3/t22-,24-,25-,30+/m1/s1. The second-order valence-corrected chi connectivity index (χ2v) is 11.5. The lowest BCUT2D eigenvalue weighted by Gasteiger charge is -2.51. The van der Waals surface area contributed by atoms with E-state index in [9.17, 15) is 10.2 Å².